The minimum absolute atomic E-state index is 0. The third-order valence-electron chi connectivity index (χ3n) is 7.66. The number of rotatable bonds is 9. The predicted octanol–water partition coefficient (Wildman–Crippen LogP) is 9.00. The van der Waals surface area contributed by atoms with E-state index in [4.69, 9.17) is 0 Å². The van der Waals surface area contributed by atoms with Crippen LogP contribution in [0.3, 0.4) is 0 Å². The van der Waals surface area contributed by atoms with Crippen molar-refractivity contribution in [3.8, 4) is 0 Å². The van der Waals surface area contributed by atoms with Crippen LogP contribution in [0.4, 0.5) is 0 Å². The Balaban J connectivity index is 0.00000253. The predicted molar refractivity (Wildman–Crippen MR) is 179 cm³/mol. The summed E-state index contributed by atoms with van der Waals surface area (Å²) in [6.45, 7) is 16.3. The maximum absolute atomic E-state index is 2.58. The van der Waals surface area contributed by atoms with E-state index in [0.717, 1.165) is 12.8 Å². The molecule has 0 radical (unpaired) electrons. The molecule has 0 saturated carbocycles. The summed E-state index contributed by atoms with van der Waals surface area (Å²) < 4.78 is 1.72. The standard InChI is InChI=1S/C27H33Si.C7H9.3ClH.Ti/c1-19(2)22-10-7-13-25(16-22)28(26-14-8-11-23(17-26)20(3)4)27-15-9-12-24(18-27)21(5)6;1-2-7-5-3-4-6-7;;;;/h7-21H,1-6H3;5-6H,2-3H2,1H3;3*1H;. The van der Waals surface area contributed by atoms with Gasteiger partial charge < -0.3 is 0 Å². The molecule has 0 amide bonds. The molecule has 3 aromatic carbocycles. The van der Waals surface area contributed by atoms with E-state index < -0.39 is 24.3 Å². The summed E-state index contributed by atoms with van der Waals surface area (Å²) in [6.07, 6.45) is 7.33. The summed E-state index contributed by atoms with van der Waals surface area (Å²) in [5.41, 5.74) is 5.91. The van der Waals surface area contributed by atoms with Gasteiger partial charge in [0.1, 0.15) is 0 Å². The summed E-state index contributed by atoms with van der Waals surface area (Å²) >= 11 is -0.440. The molecule has 5 heteroatoms. The topological polar surface area (TPSA) is 0 Å². The van der Waals surface area contributed by atoms with Gasteiger partial charge in [0.05, 0.1) is 0 Å². The van der Waals surface area contributed by atoms with Gasteiger partial charge in [0.15, 0.2) is 0 Å². The van der Waals surface area contributed by atoms with Crippen molar-refractivity contribution < 1.29 is 18.4 Å². The number of hydrogen-bond donors (Lipinski definition) is 0. The molecule has 0 aromatic heterocycles. The van der Waals surface area contributed by atoms with E-state index in [-0.39, 0.29) is 37.2 Å². The second-order valence-corrected chi connectivity index (χ2v) is 20.4. The molecule has 1 aliphatic rings. The van der Waals surface area contributed by atoms with Crippen molar-refractivity contribution >= 4 is 58.7 Å². The van der Waals surface area contributed by atoms with Crippen molar-refractivity contribution in [2.75, 3.05) is 0 Å². The van der Waals surface area contributed by atoms with Crippen LogP contribution in [0.5, 0.6) is 0 Å². The molecule has 1 aliphatic carbocycles. The summed E-state index contributed by atoms with van der Waals surface area (Å²) in [5.74, 6) is -0.657. The molecule has 39 heavy (non-hydrogen) atoms. The summed E-state index contributed by atoms with van der Waals surface area (Å²) in [4.78, 5) is 0. The van der Waals surface area contributed by atoms with Gasteiger partial charge in [-0.15, -0.1) is 37.2 Å². The van der Waals surface area contributed by atoms with Gasteiger partial charge in [-0.3, -0.25) is 0 Å². The summed E-state index contributed by atoms with van der Waals surface area (Å²) in [7, 11) is 0. The second kappa shape index (κ2) is 15.8. The van der Waals surface area contributed by atoms with Crippen LogP contribution in [-0.4, -0.2) is 5.94 Å². The molecule has 0 fully saturated rings. The number of benzene rings is 3. The van der Waals surface area contributed by atoms with Crippen LogP contribution in [0.15, 0.2) is 94.4 Å². The van der Waals surface area contributed by atoms with Gasteiger partial charge in [-0.1, -0.05) is 0 Å². The minimum atomic E-state index is -2.24. The van der Waals surface area contributed by atoms with Crippen molar-refractivity contribution in [3.05, 3.63) is 111 Å². The monoisotopic (exact) mass is 634 g/mol. The van der Waals surface area contributed by atoms with Crippen LogP contribution < -0.4 is 15.6 Å². The van der Waals surface area contributed by atoms with Gasteiger partial charge in [0, 0.05) is 0 Å². The van der Waals surface area contributed by atoms with Crippen LogP contribution in [0.2, 0.25) is 0 Å². The SMILES string of the molecule is CCC1=CC[C]([Ti][Si](c2cccc(C(C)C)c2)(c2cccc(C(C)C)c2)c2cccc(C(C)C)c2)=C1.Cl.Cl.Cl. The average molecular weight is 636 g/mol. The van der Waals surface area contributed by atoms with Gasteiger partial charge in [-0.2, -0.15) is 0 Å². The smallest absolute Gasteiger partial charge is 0.147 e. The molecule has 210 valence electrons. The molecule has 0 unspecified atom stereocenters. The first kappa shape index (κ1) is 36.0. The number of hydrogen-bond acceptors (Lipinski definition) is 0. The zero-order chi connectivity index (χ0) is 25.9. The first-order chi connectivity index (χ1) is 17.2. The van der Waals surface area contributed by atoms with Crippen LogP contribution in [0, 0.1) is 0 Å². The first-order valence-electron chi connectivity index (χ1n) is 13.7. The Morgan fingerprint density at radius 2 is 1.03 bits per heavy atom. The van der Waals surface area contributed by atoms with E-state index in [1.807, 2.05) is 0 Å². The zero-order valence-electron chi connectivity index (χ0n) is 24.5. The number of allylic oxidation sites excluding steroid dienone is 4. The average Bonchev–Trinajstić information content (AvgIpc) is 3.35. The van der Waals surface area contributed by atoms with Gasteiger partial charge in [0.25, 0.3) is 0 Å². The van der Waals surface area contributed by atoms with Gasteiger partial charge in [-0.05, 0) is 0 Å². The van der Waals surface area contributed by atoms with E-state index in [2.05, 4.69) is 133 Å². The van der Waals surface area contributed by atoms with Crippen molar-refractivity contribution in [3.63, 3.8) is 0 Å². The van der Waals surface area contributed by atoms with Crippen LogP contribution in [-0.2, 0) is 18.4 Å². The third kappa shape index (κ3) is 8.03. The van der Waals surface area contributed by atoms with Gasteiger partial charge in [-0.25, -0.2) is 0 Å². The molecular formula is C34H45Cl3SiTi. The van der Waals surface area contributed by atoms with E-state index in [9.17, 15) is 0 Å². The van der Waals surface area contributed by atoms with E-state index >= 15 is 0 Å². The normalized spacial score (nSPS) is 12.9. The molecule has 0 nitrogen and oxygen atoms in total. The van der Waals surface area contributed by atoms with Crippen LogP contribution in [0.25, 0.3) is 0 Å². The second-order valence-electron chi connectivity index (χ2n) is 11.2. The van der Waals surface area contributed by atoms with Crippen molar-refractivity contribution in [1.82, 2.24) is 0 Å². The quantitative estimate of drug-likeness (QED) is 0.163. The summed E-state index contributed by atoms with van der Waals surface area (Å²) in [6, 6.07) is 29.1. The molecule has 0 bridgehead atoms. The number of halogens is 3. The fourth-order valence-corrected chi connectivity index (χ4v) is 17.3. The Kier molecular flexibility index (Phi) is 14.6. The third-order valence-corrected chi connectivity index (χ3v) is 19.7. The Morgan fingerprint density at radius 3 is 1.33 bits per heavy atom. The Bertz CT molecular complexity index is 1150. The molecule has 0 N–H and O–H groups in total. The first-order valence-corrected chi connectivity index (χ1v) is 18.9. The minimum Gasteiger partial charge on any atom is -0.147 e. The van der Waals surface area contributed by atoms with E-state index in [1.165, 1.54) is 22.3 Å². The van der Waals surface area contributed by atoms with Crippen LogP contribution >= 0.6 is 37.2 Å². The van der Waals surface area contributed by atoms with Gasteiger partial charge >= 0.3 is 230 Å². The fraction of sp³-hybridized carbons (Fsp3) is 0.353. The van der Waals surface area contributed by atoms with E-state index in [1.54, 1.807) is 19.4 Å². The molecule has 0 heterocycles. The van der Waals surface area contributed by atoms with Crippen molar-refractivity contribution in [1.29, 1.82) is 0 Å². The molecule has 4 rings (SSSR count). The molecule has 0 saturated heterocycles. The maximum atomic E-state index is 2.58. The van der Waals surface area contributed by atoms with Crippen LogP contribution in [0.1, 0.15) is 95.8 Å². The Morgan fingerprint density at radius 1 is 0.641 bits per heavy atom. The Hall–Kier alpha value is -1.06. The van der Waals surface area contributed by atoms with E-state index in [0.29, 0.717) is 17.8 Å². The Labute approximate surface area is 265 Å². The molecule has 0 aliphatic heterocycles. The zero-order valence-corrected chi connectivity index (χ0v) is 29.5. The van der Waals surface area contributed by atoms with Crippen molar-refractivity contribution in [2.24, 2.45) is 0 Å². The molecule has 3 aromatic rings. The molecule has 0 spiro atoms. The maximum Gasteiger partial charge on any atom is -0.147 e. The fourth-order valence-electron chi connectivity index (χ4n) is 5.27. The van der Waals surface area contributed by atoms with Gasteiger partial charge in [0.2, 0.25) is 0 Å². The molecule has 0 atom stereocenters. The molecular weight excluding hydrogens is 591 g/mol. The largest absolute Gasteiger partial charge is 0.147 e. The van der Waals surface area contributed by atoms with Crippen molar-refractivity contribution in [2.45, 2.75) is 79.1 Å². The summed E-state index contributed by atoms with van der Waals surface area (Å²) in [5, 5.41) is 4.80.